The Labute approximate surface area is 93.2 Å². The molecule has 17 heavy (non-hydrogen) atoms. The van der Waals surface area contributed by atoms with E-state index >= 15 is 0 Å². The van der Waals surface area contributed by atoms with E-state index in [0.717, 1.165) is 0 Å². The maximum Gasteiger partial charge on any atom is 0.573 e. The van der Waals surface area contributed by atoms with Crippen molar-refractivity contribution < 1.29 is 31.8 Å². The number of ether oxygens (including phenoxy) is 2. The molecule has 0 aliphatic carbocycles. The number of nitrogens with zero attached hydrogens (tertiary/aromatic N) is 1. The lowest BCUT2D eigenvalue weighted by atomic mass is 10.3. The van der Waals surface area contributed by atoms with Crippen molar-refractivity contribution in [2.75, 3.05) is 6.61 Å². The van der Waals surface area contributed by atoms with Crippen LogP contribution in [-0.4, -0.2) is 23.9 Å². The number of esters is 1. The first-order valence-corrected chi connectivity index (χ1v) is 4.42. The second-order valence-electron chi connectivity index (χ2n) is 2.77. The third-order valence-electron chi connectivity index (χ3n) is 1.53. The summed E-state index contributed by atoms with van der Waals surface area (Å²) < 4.78 is 56.4. The first kappa shape index (κ1) is 13.2. The molecule has 1 rings (SSSR count). The van der Waals surface area contributed by atoms with Gasteiger partial charge in [-0.05, 0) is 6.92 Å². The van der Waals surface area contributed by atoms with Gasteiger partial charge in [0.2, 0.25) is 0 Å². The van der Waals surface area contributed by atoms with E-state index in [1.165, 1.54) is 6.92 Å². The molecular weight excluding hydrogens is 246 g/mol. The molecule has 0 spiro atoms. The minimum absolute atomic E-state index is 0.0212. The summed E-state index contributed by atoms with van der Waals surface area (Å²) in [6.45, 7) is 1.53. The van der Waals surface area contributed by atoms with Gasteiger partial charge in [0, 0.05) is 6.07 Å². The van der Waals surface area contributed by atoms with Crippen LogP contribution in [0.3, 0.4) is 0 Å². The number of rotatable bonds is 3. The van der Waals surface area contributed by atoms with Gasteiger partial charge in [-0.25, -0.2) is 14.2 Å². The van der Waals surface area contributed by atoms with Crippen molar-refractivity contribution in [2.45, 2.75) is 13.3 Å². The average molecular weight is 253 g/mol. The second-order valence-corrected chi connectivity index (χ2v) is 2.77. The molecule has 0 bridgehead atoms. The molecule has 0 saturated heterocycles. The number of hydrogen-bond acceptors (Lipinski definition) is 4. The summed E-state index contributed by atoms with van der Waals surface area (Å²) in [4.78, 5) is 14.4. The third kappa shape index (κ3) is 3.89. The van der Waals surface area contributed by atoms with Crippen LogP contribution in [0.2, 0.25) is 0 Å². The highest BCUT2D eigenvalue weighted by atomic mass is 19.4. The summed E-state index contributed by atoms with van der Waals surface area (Å²) in [6, 6.07) is 0.529. The highest BCUT2D eigenvalue weighted by Crippen LogP contribution is 2.25. The molecular formula is C9H7F4NO3. The lowest BCUT2D eigenvalue weighted by molar-refractivity contribution is -0.275. The van der Waals surface area contributed by atoms with Crippen LogP contribution in [0, 0.1) is 5.82 Å². The van der Waals surface area contributed by atoms with Gasteiger partial charge in [0.25, 0.3) is 0 Å². The number of carbonyl (C=O) groups excluding carboxylic acids is 1. The Bertz CT molecular complexity index is 419. The van der Waals surface area contributed by atoms with Gasteiger partial charge < -0.3 is 9.47 Å². The fraction of sp³-hybridized carbons (Fsp3) is 0.333. The minimum Gasteiger partial charge on any atom is -0.461 e. The molecule has 4 nitrogen and oxygen atoms in total. The second kappa shape index (κ2) is 4.98. The van der Waals surface area contributed by atoms with E-state index < -0.39 is 29.6 Å². The molecule has 0 unspecified atom stereocenters. The molecule has 0 atom stereocenters. The zero-order valence-corrected chi connectivity index (χ0v) is 8.55. The van der Waals surface area contributed by atoms with E-state index in [0.29, 0.717) is 12.3 Å². The fourth-order valence-corrected chi connectivity index (χ4v) is 0.940. The summed E-state index contributed by atoms with van der Waals surface area (Å²) in [5, 5.41) is 0. The van der Waals surface area contributed by atoms with Crippen LogP contribution in [0.25, 0.3) is 0 Å². The van der Waals surface area contributed by atoms with Crippen LogP contribution in [-0.2, 0) is 4.74 Å². The first-order chi connectivity index (χ1) is 7.83. The van der Waals surface area contributed by atoms with Gasteiger partial charge in [0.05, 0.1) is 12.8 Å². The van der Waals surface area contributed by atoms with E-state index in [1.807, 2.05) is 0 Å². The number of aromatic nitrogens is 1. The standard InChI is InChI=1S/C9H7F4NO3/c1-2-16-8(15)6-3-7(5(10)4-14-6)17-9(11,12)13/h3-4H,2H2,1H3. The van der Waals surface area contributed by atoms with Gasteiger partial charge in [-0.3, -0.25) is 0 Å². The molecule has 0 amide bonds. The Kier molecular flexibility index (Phi) is 3.87. The van der Waals surface area contributed by atoms with Crippen LogP contribution >= 0.6 is 0 Å². The summed E-state index contributed by atoms with van der Waals surface area (Å²) in [6.07, 6.45) is -4.60. The van der Waals surface area contributed by atoms with Crippen molar-refractivity contribution in [3.63, 3.8) is 0 Å². The van der Waals surface area contributed by atoms with E-state index in [2.05, 4.69) is 14.5 Å². The number of alkyl halides is 3. The topological polar surface area (TPSA) is 48.4 Å². The molecule has 0 aliphatic rings. The van der Waals surface area contributed by atoms with Gasteiger partial charge in [0.15, 0.2) is 17.3 Å². The van der Waals surface area contributed by atoms with Gasteiger partial charge in [-0.15, -0.1) is 13.2 Å². The Balaban J connectivity index is 2.98. The van der Waals surface area contributed by atoms with Gasteiger partial charge in [-0.2, -0.15) is 0 Å². The molecule has 1 heterocycles. The summed E-state index contributed by atoms with van der Waals surface area (Å²) in [5.74, 6) is -3.41. The SMILES string of the molecule is CCOC(=O)c1cc(OC(F)(F)F)c(F)cn1. The van der Waals surface area contributed by atoms with Crippen molar-refractivity contribution in [2.24, 2.45) is 0 Å². The van der Waals surface area contributed by atoms with Crippen LogP contribution in [0.5, 0.6) is 5.75 Å². The van der Waals surface area contributed by atoms with Crippen LogP contribution in [0.1, 0.15) is 17.4 Å². The monoisotopic (exact) mass is 253 g/mol. The molecule has 0 aromatic carbocycles. The summed E-state index contributed by atoms with van der Waals surface area (Å²) in [7, 11) is 0. The van der Waals surface area contributed by atoms with Gasteiger partial charge in [0.1, 0.15) is 0 Å². The Morgan fingerprint density at radius 3 is 2.65 bits per heavy atom. The molecule has 1 aromatic heterocycles. The number of pyridine rings is 1. The van der Waals surface area contributed by atoms with Crippen molar-refractivity contribution in [1.29, 1.82) is 0 Å². The third-order valence-corrected chi connectivity index (χ3v) is 1.53. The Hall–Kier alpha value is -1.86. The summed E-state index contributed by atoms with van der Waals surface area (Å²) >= 11 is 0. The predicted octanol–water partition coefficient (Wildman–Crippen LogP) is 2.30. The molecule has 0 saturated carbocycles. The maximum absolute atomic E-state index is 12.9. The molecule has 8 heteroatoms. The normalized spacial score (nSPS) is 11.1. The van der Waals surface area contributed by atoms with Gasteiger partial charge in [-0.1, -0.05) is 0 Å². The highest BCUT2D eigenvalue weighted by Gasteiger charge is 2.33. The molecule has 0 radical (unpaired) electrons. The predicted molar refractivity (Wildman–Crippen MR) is 46.8 cm³/mol. The smallest absolute Gasteiger partial charge is 0.461 e. The fourth-order valence-electron chi connectivity index (χ4n) is 0.940. The lowest BCUT2D eigenvalue weighted by Gasteiger charge is -2.10. The number of halogens is 4. The lowest BCUT2D eigenvalue weighted by Crippen LogP contribution is -2.19. The molecule has 0 N–H and O–H groups in total. The largest absolute Gasteiger partial charge is 0.573 e. The number of hydrogen-bond donors (Lipinski definition) is 0. The first-order valence-electron chi connectivity index (χ1n) is 4.42. The van der Waals surface area contributed by atoms with Crippen molar-refractivity contribution in [3.05, 3.63) is 23.8 Å². The van der Waals surface area contributed by atoms with E-state index in [1.54, 1.807) is 0 Å². The Morgan fingerprint density at radius 1 is 1.47 bits per heavy atom. The van der Waals surface area contributed by atoms with E-state index in [9.17, 15) is 22.4 Å². The van der Waals surface area contributed by atoms with Crippen LogP contribution in [0.4, 0.5) is 17.6 Å². The van der Waals surface area contributed by atoms with Gasteiger partial charge >= 0.3 is 12.3 Å². The Morgan fingerprint density at radius 2 is 2.12 bits per heavy atom. The number of carbonyl (C=O) groups is 1. The maximum atomic E-state index is 12.9. The van der Waals surface area contributed by atoms with Crippen LogP contribution in [0.15, 0.2) is 12.3 Å². The quantitative estimate of drug-likeness (QED) is 0.612. The molecule has 1 aromatic rings. The van der Waals surface area contributed by atoms with Crippen LogP contribution < -0.4 is 4.74 Å². The summed E-state index contributed by atoms with van der Waals surface area (Å²) in [5.41, 5.74) is -0.465. The van der Waals surface area contributed by atoms with E-state index in [4.69, 9.17) is 0 Å². The highest BCUT2D eigenvalue weighted by molar-refractivity contribution is 5.87. The van der Waals surface area contributed by atoms with Crippen molar-refractivity contribution >= 4 is 5.97 Å². The molecule has 0 aliphatic heterocycles. The zero-order valence-electron chi connectivity index (χ0n) is 8.55. The van der Waals surface area contributed by atoms with Crippen molar-refractivity contribution in [1.82, 2.24) is 4.98 Å². The molecule has 94 valence electrons. The average Bonchev–Trinajstić information content (AvgIpc) is 2.19. The minimum atomic E-state index is -5.05. The molecule has 0 fully saturated rings. The van der Waals surface area contributed by atoms with E-state index in [-0.39, 0.29) is 6.61 Å². The zero-order chi connectivity index (χ0) is 13.1. The van der Waals surface area contributed by atoms with Crippen molar-refractivity contribution in [3.8, 4) is 5.75 Å².